The molecule has 12 heteroatoms. The number of halogens is 3. The highest BCUT2D eigenvalue weighted by Crippen LogP contribution is 2.32. The number of aliphatic hydroxyl groups is 1. The van der Waals surface area contributed by atoms with Gasteiger partial charge >= 0.3 is 18.2 Å². The number of nitrogens with one attached hydrogen (secondary N) is 2. The Bertz CT molecular complexity index is 1250. The zero-order valence-electron chi connectivity index (χ0n) is 16.4. The molecule has 0 aliphatic carbocycles. The lowest BCUT2D eigenvalue weighted by molar-refractivity contribution is -0.137. The molecule has 32 heavy (non-hydrogen) atoms. The van der Waals surface area contributed by atoms with Gasteiger partial charge in [0.05, 0.1) is 25.4 Å². The smallest absolute Gasteiger partial charge is 0.416 e. The van der Waals surface area contributed by atoms with Gasteiger partial charge in [-0.15, -0.1) is 0 Å². The molecular formula is C20H17F3N4O5. The second-order valence-electron chi connectivity index (χ2n) is 6.62. The van der Waals surface area contributed by atoms with Crippen LogP contribution >= 0.6 is 0 Å². The zero-order valence-corrected chi connectivity index (χ0v) is 16.4. The quantitative estimate of drug-likeness (QED) is 0.349. The number of carbonyl (C=O) groups is 1. The van der Waals surface area contributed by atoms with Gasteiger partial charge in [0.2, 0.25) is 0 Å². The van der Waals surface area contributed by atoms with Crippen LogP contribution in [0.5, 0.6) is 0 Å². The minimum atomic E-state index is -4.49. The number of aliphatic hydroxyl groups excluding tert-OH is 1. The summed E-state index contributed by atoms with van der Waals surface area (Å²) in [4.78, 5) is 20.5. The van der Waals surface area contributed by atoms with Gasteiger partial charge in [-0.2, -0.15) is 23.1 Å². The van der Waals surface area contributed by atoms with Gasteiger partial charge < -0.3 is 24.0 Å². The van der Waals surface area contributed by atoms with Crippen molar-refractivity contribution in [3.8, 4) is 0 Å². The molecule has 0 radical (unpaired) electrons. The minimum Gasteiger partial charge on any atom is -0.423 e. The first kappa shape index (κ1) is 21.6. The van der Waals surface area contributed by atoms with Gasteiger partial charge in [0.1, 0.15) is 11.0 Å². The van der Waals surface area contributed by atoms with Crippen molar-refractivity contribution in [3.05, 3.63) is 47.5 Å². The number of ether oxygens (including phenoxy) is 1. The first-order valence-electron chi connectivity index (χ1n) is 9.46. The fourth-order valence-corrected chi connectivity index (χ4v) is 2.87. The van der Waals surface area contributed by atoms with Crippen LogP contribution in [0.25, 0.3) is 22.2 Å². The molecule has 2 aromatic carbocycles. The Hall–Kier alpha value is -3.64. The van der Waals surface area contributed by atoms with Crippen LogP contribution in [0.3, 0.4) is 0 Å². The Morgan fingerprint density at radius 3 is 2.50 bits per heavy atom. The number of oxazole rings is 2. The van der Waals surface area contributed by atoms with Crippen molar-refractivity contribution >= 4 is 40.1 Å². The predicted molar refractivity (Wildman–Crippen MR) is 107 cm³/mol. The third-order valence-electron chi connectivity index (χ3n) is 4.35. The van der Waals surface area contributed by atoms with Crippen molar-refractivity contribution < 1.29 is 36.6 Å². The fourth-order valence-electron chi connectivity index (χ4n) is 2.87. The van der Waals surface area contributed by atoms with Crippen molar-refractivity contribution in [2.75, 3.05) is 31.7 Å². The lowest BCUT2D eigenvalue weighted by Crippen LogP contribution is -2.27. The summed E-state index contributed by atoms with van der Waals surface area (Å²) in [6.45, 7) is 0.642. The number of amides is 1. The van der Waals surface area contributed by atoms with Crippen LogP contribution in [0.4, 0.5) is 25.2 Å². The summed E-state index contributed by atoms with van der Waals surface area (Å²) in [5, 5.41) is 14.0. The van der Waals surface area contributed by atoms with Crippen molar-refractivity contribution in [1.29, 1.82) is 0 Å². The standard InChI is InChI=1S/C20H17F3N4O5/c21-20(22,23)12-2-3-13-16(10-12)32-18(25-13)27-19-26-14-9-11(1-4-15(14)31-19)17(29)24-5-7-30-8-6-28/h1-4,9-10,28H,5-8H2,(H,24,29)(H,25,26,27). The van der Waals surface area contributed by atoms with Crippen LogP contribution in [0, 0.1) is 0 Å². The number of fused-ring (bicyclic) bond motifs is 2. The number of anilines is 2. The van der Waals surface area contributed by atoms with E-state index in [9.17, 15) is 18.0 Å². The molecule has 4 aromatic rings. The molecule has 0 spiro atoms. The molecule has 3 N–H and O–H groups in total. The van der Waals surface area contributed by atoms with E-state index in [2.05, 4.69) is 20.6 Å². The molecule has 2 aromatic heterocycles. The van der Waals surface area contributed by atoms with E-state index in [0.29, 0.717) is 16.7 Å². The maximum absolute atomic E-state index is 12.8. The Morgan fingerprint density at radius 1 is 1.00 bits per heavy atom. The molecule has 2 heterocycles. The van der Waals surface area contributed by atoms with Crippen LogP contribution < -0.4 is 10.6 Å². The molecule has 0 unspecified atom stereocenters. The van der Waals surface area contributed by atoms with Crippen molar-refractivity contribution in [2.45, 2.75) is 6.18 Å². The molecule has 168 valence electrons. The van der Waals surface area contributed by atoms with Gasteiger partial charge in [0.15, 0.2) is 11.2 Å². The molecule has 0 bridgehead atoms. The molecule has 0 atom stereocenters. The SMILES string of the molecule is O=C(NCCOCCO)c1ccc2oc(Nc3nc4ccc(C(F)(F)F)cc4o3)nc2c1. The van der Waals surface area contributed by atoms with Gasteiger partial charge in [-0.05, 0) is 36.4 Å². The number of benzene rings is 2. The molecule has 4 rings (SSSR count). The van der Waals surface area contributed by atoms with Crippen molar-refractivity contribution in [1.82, 2.24) is 15.3 Å². The van der Waals surface area contributed by atoms with E-state index in [-0.39, 0.29) is 55.4 Å². The van der Waals surface area contributed by atoms with Crippen LogP contribution in [0.2, 0.25) is 0 Å². The first-order valence-corrected chi connectivity index (χ1v) is 9.46. The molecule has 0 saturated carbocycles. The lowest BCUT2D eigenvalue weighted by atomic mass is 10.2. The van der Waals surface area contributed by atoms with Crippen LogP contribution in [-0.4, -0.2) is 47.3 Å². The second-order valence-corrected chi connectivity index (χ2v) is 6.62. The number of hydrogen-bond donors (Lipinski definition) is 3. The van der Waals surface area contributed by atoms with Crippen LogP contribution in [0.1, 0.15) is 15.9 Å². The minimum absolute atomic E-state index is 0.00226. The molecule has 1 amide bonds. The van der Waals surface area contributed by atoms with Gasteiger partial charge in [-0.1, -0.05) is 0 Å². The summed E-state index contributed by atoms with van der Waals surface area (Å²) in [5.41, 5.74) is 0.457. The molecule has 0 aliphatic heterocycles. The van der Waals surface area contributed by atoms with Gasteiger partial charge in [-0.3, -0.25) is 10.1 Å². The van der Waals surface area contributed by atoms with Gasteiger partial charge in [0, 0.05) is 12.1 Å². The molecule has 0 aliphatic rings. The van der Waals surface area contributed by atoms with E-state index < -0.39 is 11.7 Å². The third kappa shape index (κ3) is 4.81. The summed E-state index contributed by atoms with van der Waals surface area (Å²) < 4.78 is 54.5. The topological polar surface area (TPSA) is 123 Å². The average molecular weight is 450 g/mol. The summed E-state index contributed by atoms with van der Waals surface area (Å²) >= 11 is 0. The van der Waals surface area contributed by atoms with E-state index in [0.717, 1.165) is 12.1 Å². The number of alkyl halides is 3. The van der Waals surface area contributed by atoms with E-state index in [4.69, 9.17) is 18.7 Å². The average Bonchev–Trinajstić information content (AvgIpc) is 3.34. The molecule has 9 nitrogen and oxygen atoms in total. The van der Waals surface area contributed by atoms with E-state index in [1.165, 1.54) is 12.1 Å². The zero-order chi connectivity index (χ0) is 22.7. The summed E-state index contributed by atoms with van der Waals surface area (Å²) in [6, 6.07) is 7.53. The Labute approximate surface area is 178 Å². The van der Waals surface area contributed by atoms with Gasteiger partial charge in [0.25, 0.3) is 5.91 Å². The number of carbonyl (C=O) groups excluding carboxylic acids is 1. The van der Waals surface area contributed by atoms with E-state index >= 15 is 0 Å². The summed E-state index contributed by atoms with van der Waals surface area (Å²) in [6.07, 6.45) is -4.49. The maximum Gasteiger partial charge on any atom is 0.416 e. The van der Waals surface area contributed by atoms with Gasteiger partial charge in [-0.25, -0.2) is 0 Å². The van der Waals surface area contributed by atoms with Crippen molar-refractivity contribution in [3.63, 3.8) is 0 Å². The first-order chi connectivity index (χ1) is 15.3. The van der Waals surface area contributed by atoms with E-state index in [1.54, 1.807) is 12.1 Å². The van der Waals surface area contributed by atoms with Crippen LogP contribution in [-0.2, 0) is 10.9 Å². The number of aromatic nitrogens is 2. The number of rotatable bonds is 8. The molecule has 0 saturated heterocycles. The Kier molecular flexibility index (Phi) is 5.97. The number of nitrogens with zero attached hydrogens (tertiary/aromatic N) is 2. The largest absolute Gasteiger partial charge is 0.423 e. The maximum atomic E-state index is 12.8. The lowest BCUT2D eigenvalue weighted by Gasteiger charge is -2.05. The Morgan fingerprint density at radius 2 is 1.75 bits per heavy atom. The number of hydrogen-bond acceptors (Lipinski definition) is 8. The van der Waals surface area contributed by atoms with Crippen molar-refractivity contribution in [2.24, 2.45) is 0 Å². The molecular weight excluding hydrogens is 433 g/mol. The molecule has 0 fully saturated rings. The predicted octanol–water partition coefficient (Wildman–Crippen LogP) is 3.47. The highest BCUT2D eigenvalue weighted by molar-refractivity contribution is 5.97. The van der Waals surface area contributed by atoms with E-state index in [1.807, 2.05) is 0 Å². The third-order valence-corrected chi connectivity index (χ3v) is 4.35. The highest BCUT2D eigenvalue weighted by atomic mass is 19.4. The highest BCUT2D eigenvalue weighted by Gasteiger charge is 2.31. The second kappa shape index (κ2) is 8.85. The Balaban J connectivity index is 1.46. The normalized spacial score (nSPS) is 11.9. The van der Waals surface area contributed by atoms with Crippen LogP contribution in [0.15, 0.2) is 45.2 Å². The summed E-state index contributed by atoms with van der Waals surface area (Å²) in [7, 11) is 0. The fraction of sp³-hybridized carbons (Fsp3) is 0.250. The monoisotopic (exact) mass is 450 g/mol. The summed E-state index contributed by atoms with van der Waals surface area (Å²) in [5.74, 6) is -0.337.